The minimum atomic E-state index is -3.69. The molecule has 1 aliphatic rings. The van der Waals surface area contributed by atoms with Crippen LogP contribution in [0.5, 0.6) is 0 Å². The zero-order valence-electron chi connectivity index (χ0n) is 11.7. The Morgan fingerprint density at radius 3 is 2.55 bits per heavy atom. The fraction of sp³-hybridized carbons (Fsp3) is 0.667. The van der Waals surface area contributed by atoms with Crippen LogP contribution in [0.25, 0.3) is 0 Å². The number of sulfonamides is 1. The van der Waals surface area contributed by atoms with Gasteiger partial charge in [0.05, 0.1) is 5.92 Å². The average molecular weight is 302 g/mol. The van der Waals surface area contributed by atoms with Crippen LogP contribution in [0.2, 0.25) is 0 Å². The fourth-order valence-corrected chi connectivity index (χ4v) is 4.64. The molecule has 2 heterocycles. The molecule has 1 N–H and O–H groups in total. The van der Waals surface area contributed by atoms with Crippen molar-refractivity contribution >= 4 is 16.0 Å². The molecule has 1 aromatic rings. The smallest absolute Gasteiger partial charge is 0.306 e. The second kappa shape index (κ2) is 5.17. The van der Waals surface area contributed by atoms with Crippen molar-refractivity contribution in [3.63, 3.8) is 0 Å². The lowest BCUT2D eigenvalue weighted by molar-refractivity contribution is -0.143. The van der Waals surface area contributed by atoms with Crippen molar-refractivity contribution in [1.29, 1.82) is 0 Å². The van der Waals surface area contributed by atoms with Gasteiger partial charge in [0.2, 0.25) is 10.0 Å². The minimum Gasteiger partial charge on any atom is -0.481 e. The van der Waals surface area contributed by atoms with Gasteiger partial charge in [0.25, 0.3) is 0 Å². The summed E-state index contributed by atoms with van der Waals surface area (Å²) in [6.45, 7) is 5.06. The highest BCUT2D eigenvalue weighted by Gasteiger charge is 2.39. The number of aryl methyl sites for hydroxylation is 2. The standard InChI is InChI=1S/C12H18N2O5S/c1-7-6-10(12(15)16)4-5-14(7)20(17,18)11-8(2)13-19-9(11)3/h7,10H,4-6H2,1-3H3,(H,15,16). The Bertz CT molecular complexity index is 602. The van der Waals surface area contributed by atoms with E-state index in [1.165, 1.54) is 4.31 Å². The van der Waals surface area contributed by atoms with Gasteiger partial charge < -0.3 is 9.63 Å². The molecule has 1 saturated heterocycles. The molecule has 0 bridgehead atoms. The predicted molar refractivity (Wildman–Crippen MR) is 69.7 cm³/mol. The van der Waals surface area contributed by atoms with Crippen LogP contribution in [0.3, 0.4) is 0 Å². The van der Waals surface area contributed by atoms with E-state index in [1.54, 1.807) is 20.8 Å². The lowest BCUT2D eigenvalue weighted by Gasteiger charge is -2.35. The molecule has 112 valence electrons. The Hall–Kier alpha value is -1.41. The predicted octanol–water partition coefficient (Wildman–Crippen LogP) is 1.17. The van der Waals surface area contributed by atoms with Gasteiger partial charge in [-0.15, -0.1) is 0 Å². The van der Waals surface area contributed by atoms with E-state index in [0.717, 1.165) is 0 Å². The van der Waals surface area contributed by atoms with Gasteiger partial charge in [-0.3, -0.25) is 4.79 Å². The van der Waals surface area contributed by atoms with Gasteiger partial charge >= 0.3 is 5.97 Å². The van der Waals surface area contributed by atoms with Gasteiger partial charge in [-0.05, 0) is 33.6 Å². The lowest BCUT2D eigenvalue weighted by Crippen LogP contribution is -2.46. The number of carboxylic acid groups (broad SMARTS) is 1. The highest BCUT2D eigenvalue weighted by Crippen LogP contribution is 2.31. The normalized spacial score (nSPS) is 24.8. The maximum absolute atomic E-state index is 12.7. The van der Waals surface area contributed by atoms with Crippen LogP contribution in [0.15, 0.2) is 9.42 Å². The van der Waals surface area contributed by atoms with Gasteiger partial charge in [0, 0.05) is 12.6 Å². The van der Waals surface area contributed by atoms with Crippen LogP contribution in [-0.2, 0) is 14.8 Å². The zero-order chi connectivity index (χ0) is 15.1. The average Bonchev–Trinajstić information content (AvgIpc) is 2.68. The molecule has 0 radical (unpaired) electrons. The van der Waals surface area contributed by atoms with Crippen LogP contribution >= 0.6 is 0 Å². The highest BCUT2D eigenvalue weighted by atomic mass is 32.2. The summed E-state index contributed by atoms with van der Waals surface area (Å²) in [6, 6.07) is -0.358. The van der Waals surface area contributed by atoms with E-state index in [0.29, 0.717) is 18.5 Å². The molecular weight excluding hydrogens is 284 g/mol. The molecule has 0 aromatic carbocycles. The van der Waals surface area contributed by atoms with Gasteiger partial charge in [0.1, 0.15) is 10.6 Å². The Morgan fingerprint density at radius 1 is 1.45 bits per heavy atom. The molecule has 20 heavy (non-hydrogen) atoms. The van der Waals surface area contributed by atoms with Crippen molar-refractivity contribution in [3.05, 3.63) is 11.5 Å². The van der Waals surface area contributed by atoms with Gasteiger partial charge in [-0.2, -0.15) is 4.31 Å². The third kappa shape index (κ3) is 2.45. The van der Waals surface area contributed by atoms with Crippen molar-refractivity contribution < 1.29 is 22.8 Å². The first-order valence-electron chi connectivity index (χ1n) is 6.42. The summed E-state index contributed by atoms with van der Waals surface area (Å²) in [5, 5.41) is 12.7. The van der Waals surface area contributed by atoms with E-state index < -0.39 is 21.9 Å². The number of hydrogen-bond donors (Lipinski definition) is 1. The first kappa shape index (κ1) is 15.0. The van der Waals surface area contributed by atoms with E-state index in [-0.39, 0.29) is 23.2 Å². The molecule has 0 spiro atoms. The van der Waals surface area contributed by atoms with Crippen LogP contribution in [-0.4, -0.2) is 41.5 Å². The topological polar surface area (TPSA) is 101 Å². The third-order valence-corrected chi connectivity index (χ3v) is 5.96. The molecule has 8 heteroatoms. The summed E-state index contributed by atoms with van der Waals surface area (Å²) in [7, 11) is -3.69. The van der Waals surface area contributed by atoms with Crippen LogP contribution < -0.4 is 0 Å². The number of aliphatic carboxylic acids is 1. The van der Waals surface area contributed by atoms with E-state index in [9.17, 15) is 13.2 Å². The molecule has 2 atom stereocenters. The number of nitrogens with zero attached hydrogens (tertiary/aromatic N) is 2. The molecule has 0 aliphatic carbocycles. The summed E-state index contributed by atoms with van der Waals surface area (Å²) in [6.07, 6.45) is 0.639. The van der Waals surface area contributed by atoms with Crippen LogP contribution in [0, 0.1) is 19.8 Å². The van der Waals surface area contributed by atoms with Crippen molar-refractivity contribution in [1.82, 2.24) is 9.46 Å². The number of hydrogen-bond acceptors (Lipinski definition) is 5. The van der Waals surface area contributed by atoms with E-state index in [1.807, 2.05) is 0 Å². The molecule has 1 aliphatic heterocycles. The third-order valence-electron chi connectivity index (χ3n) is 3.70. The molecule has 2 unspecified atom stereocenters. The van der Waals surface area contributed by atoms with E-state index in [4.69, 9.17) is 9.63 Å². The Balaban J connectivity index is 2.30. The van der Waals surface area contributed by atoms with Crippen molar-refractivity contribution in [2.24, 2.45) is 5.92 Å². The van der Waals surface area contributed by atoms with Crippen molar-refractivity contribution in [3.8, 4) is 0 Å². The Labute approximate surface area is 117 Å². The highest BCUT2D eigenvalue weighted by molar-refractivity contribution is 7.89. The summed E-state index contributed by atoms with van der Waals surface area (Å²) < 4.78 is 31.6. The molecule has 2 rings (SSSR count). The van der Waals surface area contributed by atoms with Crippen molar-refractivity contribution in [2.45, 2.75) is 44.6 Å². The molecule has 0 saturated carbocycles. The monoisotopic (exact) mass is 302 g/mol. The van der Waals surface area contributed by atoms with Gasteiger partial charge in [-0.1, -0.05) is 5.16 Å². The second-order valence-electron chi connectivity index (χ2n) is 5.18. The fourth-order valence-electron chi connectivity index (χ4n) is 2.69. The molecule has 7 nitrogen and oxygen atoms in total. The summed E-state index contributed by atoms with van der Waals surface area (Å²) in [4.78, 5) is 11.1. The number of carboxylic acids is 1. The second-order valence-corrected chi connectivity index (χ2v) is 7.01. The lowest BCUT2D eigenvalue weighted by atomic mass is 9.93. The molecule has 1 fully saturated rings. The van der Waals surface area contributed by atoms with Gasteiger partial charge in [-0.25, -0.2) is 8.42 Å². The number of rotatable bonds is 3. The number of carbonyl (C=O) groups is 1. The van der Waals surface area contributed by atoms with E-state index >= 15 is 0 Å². The van der Waals surface area contributed by atoms with Crippen molar-refractivity contribution in [2.75, 3.05) is 6.54 Å². The minimum absolute atomic E-state index is 0.0955. The summed E-state index contributed by atoms with van der Waals surface area (Å²) in [5.74, 6) is -1.09. The summed E-state index contributed by atoms with van der Waals surface area (Å²) in [5.41, 5.74) is 0.329. The number of piperidine rings is 1. The Kier molecular flexibility index (Phi) is 3.88. The SMILES string of the molecule is Cc1noc(C)c1S(=O)(=O)N1CCC(C(=O)O)CC1C. The molecule has 0 amide bonds. The number of aromatic nitrogens is 1. The van der Waals surface area contributed by atoms with Crippen LogP contribution in [0.4, 0.5) is 0 Å². The quantitative estimate of drug-likeness (QED) is 0.899. The molecule has 1 aromatic heterocycles. The maximum Gasteiger partial charge on any atom is 0.306 e. The maximum atomic E-state index is 12.7. The Morgan fingerprint density at radius 2 is 2.10 bits per heavy atom. The first-order valence-corrected chi connectivity index (χ1v) is 7.86. The van der Waals surface area contributed by atoms with Crippen LogP contribution in [0.1, 0.15) is 31.2 Å². The largest absolute Gasteiger partial charge is 0.481 e. The van der Waals surface area contributed by atoms with Gasteiger partial charge in [0.15, 0.2) is 5.76 Å². The van der Waals surface area contributed by atoms with E-state index in [2.05, 4.69) is 5.16 Å². The first-order chi connectivity index (χ1) is 9.25. The zero-order valence-corrected chi connectivity index (χ0v) is 12.5. The summed E-state index contributed by atoms with van der Waals surface area (Å²) >= 11 is 0. The molecular formula is C12H18N2O5S.